The van der Waals surface area contributed by atoms with Gasteiger partial charge in [-0.05, 0) is 55.8 Å². The standard InChI is InChI=1S/C17H18N4O2S2/c1-9-8-14(25-21-9)20-13(22)7-6-12-18-16(23)15-10-4-2-3-5-11(10)24-17(15)19-12/h8H,2-7H2,1H3,(H,20,22)(H,18,19,23). The van der Waals surface area contributed by atoms with E-state index in [2.05, 4.69) is 19.7 Å². The first-order valence-electron chi connectivity index (χ1n) is 8.37. The predicted molar refractivity (Wildman–Crippen MR) is 101 cm³/mol. The highest BCUT2D eigenvalue weighted by Crippen LogP contribution is 2.33. The van der Waals surface area contributed by atoms with Crippen molar-refractivity contribution < 1.29 is 4.79 Å². The van der Waals surface area contributed by atoms with Crippen LogP contribution in [0.2, 0.25) is 0 Å². The first-order chi connectivity index (χ1) is 12.1. The Morgan fingerprint density at radius 1 is 1.36 bits per heavy atom. The smallest absolute Gasteiger partial charge is 0.259 e. The van der Waals surface area contributed by atoms with Crippen LogP contribution in [0.1, 0.15) is 41.2 Å². The average Bonchev–Trinajstić information content (AvgIpc) is 3.16. The fraction of sp³-hybridized carbons (Fsp3) is 0.412. The molecule has 0 fully saturated rings. The Morgan fingerprint density at radius 2 is 2.20 bits per heavy atom. The van der Waals surface area contributed by atoms with Crippen LogP contribution < -0.4 is 10.9 Å². The second-order valence-electron chi connectivity index (χ2n) is 6.28. The van der Waals surface area contributed by atoms with Gasteiger partial charge in [0.2, 0.25) is 5.91 Å². The summed E-state index contributed by atoms with van der Waals surface area (Å²) in [6, 6.07) is 1.84. The molecule has 2 N–H and O–H groups in total. The molecule has 0 saturated carbocycles. The lowest BCUT2D eigenvalue weighted by Crippen LogP contribution is -2.16. The molecule has 3 heterocycles. The molecule has 4 rings (SSSR count). The number of carbonyl (C=O) groups is 1. The number of hydrogen-bond donors (Lipinski definition) is 2. The number of aromatic amines is 1. The molecule has 25 heavy (non-hydrogen) atoms. The van der Waals surface area contributed by atoms with Crippen molar-refractivity contribution >= 4 is 44.0 Å². The number of aromatic nitrogens is 3. The molecule has 3 aromatic rings. The molecule has 0 bridgehead atoms. The number of hydrogen-bond acceptors (Lipinski definition) is 6. The molecule has 0 saturated heterocycles. The van der Waals surface area contributed by atoms with E-state index in [0.717, 1.165) is 40.2 Å². The number of rotatable bonds is 4. The summed E-state index contributed by atoms with van der Waals surface area (Å²) in [4.78, 5) is 34.1. The number of carbonyl (C=O) groups excluding carboxylic acids is 1. The van der Waals surface area contributed by atoms with E-state index >= 15 is 0 Å². The highest BCUT2D eigenvalue weighted by atomic mass is 32.1. The van der Waals surface area contributed by atoms with Crippen LogP contribution in [0.4, 0.5) is 5.00 Å². The lowest BCUT2D eigenvalue weighted by molar-refractivity contribution is -0.116. The molecule has 8 heteroatoms. The van der Waals surface area contributed by atoms with Gasteiger partial charge in [0.25, 0.3) is 5.56 Å². The van der Waals surface area contributed by atoms with Crippen LogP contribution >= 0.6 is 22.9 Å². The van der Waals surface area contributed by atoms with Gasteiger partial charge in [0.15, 0.2) is 0 Å². The monoisotopic (exact) mass is 374 g/mol. The summed E-state index contributed by atoms with van der Waals surface area (Å²) >= 11 is 2.89. The molecule has 6 nitrogen and oxygen atoms in total. The van der Waals surface area contributed by atoms with Gasteiger partial charge in [0.05, 0.1) is 11.1 Å². The normalized spacial score (nSPS) is 13.8. The number of anilines is 1. The number of thiophene rings is 1. The van der Waals surface area contributed by atoms with E-state index < -0.39 is 0 Å². The Bertz CT molecular complexity index is 1000. The molecule has 1 aliphatic carbocycles. The largest absolute Gasteiger partial charge is 0.316 e. The molecule has 0 atom stereocenters. The van der Waals surface area contributed by atoms with Crippen LogP contribution in [0, 0.1) is 6.92 Å². The zero-order chi connectivity index (χ0) is 17.4. The molecule has 0 radical (unpaired) electrons. The summed E-state index contributed by atoms with van der Waals surface area (Å²) in [5, 5.41) is 4.32. The van der Waals surface area contributed by atoms with Crippen molar-refractivity contribution in [2.45, 2.75) is 45.4 Å². The number of nitrogens with one attached hydrogen (secondary N) is 2. The van der Waals surface area contributed by atoms with Crippen LogP contribution in [-0.4, -0.2) is 20.2 Å². The predicted octanol–water partition coefficient (Wildman–Crippen LogP) is 3.20. The van der Waals surface area contributed by atoms with Crippen LogP contribution in [0.25, 0.3) is 10.2 Å². The maximum absolute atomic E-state index is 12.5. The number of H-pyrrole nitrogens is 1. The van der Waals surface area contributed by atoms with E-state index in [9.17, 15) is 9.59 Å². The number of amides is 1. The van der Waals surface area contributed by atoms with Gasteiger partial charge in [-0.1, -0.05) is 0 Å². The molecule has 1 amide bonds. The zero-order valence-corrected chi connectivity index (χ0v) is 15.5. The van der Waals surface area contributed by atoms with Gasteiger partial charge in [0, 0.05) is 17.7 Å². The van der Waals surface area contributed by atoms with Crippen molar-refractivity contribution in [2.75, 3.05) is 5.32 Å². The van der Waals surface area contributed by atoms with Crippen molar-refractivity contribution in [2.24, 2.45) is 0 Å². The summed E-state index contributed by atoms with van der Waals surface area (Å²) in [5.74, 6) is 0.476. The van der Waals surface area contributed by atoms with E-state index in [4.69, 9.17) is 0 Å². The van der Waals surface area contributed by atoms with E-state index in [0.29, 0.717) is 12.2 Å². The Kier molecular flexibility index (Phi) is 4.39. The summed E-state index contributed by atoms with van der Waals surface area (Å²) in [6.07, 6.45) is 5.02. The van der Waals surface area contributed by atoms with Crippen molar-refractivity contribution in [3.63, 3.8) is 0 Å². The van der Waals surface area contributed by atoms with Gasteiger partial charge in [-0.3, -0.25) is 9.59 Å². The Labute approximate surface area is 152 Å². The quantitative estimate of drug-likeness (QED) is 0.734. The first kappa shape index (κ1) is 16.4. The zero-order valence-electron chi connectivity index (χ0n) is 13.8. The minimum atomic E-state index is -0.100. The van der Waals surface area contributed by atoms with E-state index in [1.165, 1.54) is 28.4 Å². The summed E-state index contributed by atoms with van der Waals surface area (Å²) in [7, 11) is 0. The van der Waals surface area contributed by atoms with Gasteiger partial charge in [0.1, 0.15) is 15.7 Å². The van der Waals surface area contributed by atoms with E-state index in [1.807, 2.05) is 13.0 Å². The molecule has 3 aromatic heterocycles. The van der Waals surface area contributed by atoms with Crippen LogP contribution in [-0.2, 0) is 24.1 Å². The first-order valence-corrected chi connectivity index (χ1v) is 9.96. The maximum Gasteiger partial charge on any atom is 0.259 e. The highest BCUT2D eigenvalue weighted by Gasteiger charge is 2.19. The van der Waals surface area contributed by atoms with Gasteiger partial charge >= 0.3 is 0 Å². The fourth-order valence-electron chi connectivity index (χ4n) is 3.18. The van der Waals surface area contributed by atoms with Crippen molar-refractivity contribution in [3.05, 3.63) is 38.4 Å². The molecular formula is C17H18N4O2S2. The molecular weight excluding hydrogens is 356 g/mol. The highest BCUT2D eigenvalue weighted by molar-refractivity contribution is 7.18. The molecule has 0 unspecified atom stereocenters. The van der Waals surface area contributed by atoms with Crippen LogP contribution in [0.5, 0.6) is 0 Å². The lowest BCUT2D eigenvalue weighted by atomic mass is 9.97. The summed E-state index contributed by atoms with van der Waals surface area (Å²) < 4.78 is 4.13. The number of nitrogens with zero attached hydrogens (tertiary/aromatic N) is 2. The Morgan fingerprint density at radius 3 is 3.00 bits per heavy atom. The van der Waals surface area contributed by atoms with Crippen molar-refractivity contribution in [1.82, 2.24) is 14.3 Å². The average molecular weight is 374 g/mol. The SMILES string of the molecule is Cc1cc(NC(=O)CCc2nc3sc4c(c3c(=O)[nH]2)CCCC4)sn1. The van der Waals surface area contributed by atoms with Gasteiger partial charge in [-0.25, -0.2) is 4.98 Å². The van der Waals surface area contributed by atoms with Crippen LogP contribution in [0.15, 0.2) is 10.9 Å². The third kappa shape index (κ3) is 3.36. The topological polar surface area (TPSA) is 87.7 Å². The maximum atomic E-state index is 12.5. The van der Waals surface area contributed by atoms with Gasteiger partial charge < -0.3 is 10.3 Å². The van der Waals surface area contributed by atoms with Gasteiger partial charge in [-0.15, -0.1) is 11.3 Å². The third-order valence-corrected chi connectivity index (χ3v) is 6.34. The third-order valence-electron chi connectivity index (χ3n) is 4.35. The Hall–Kier alpha value is -2.06. The second kappa shape index (κ2) is 6.68. The van der Waals surface area contributed by atoms with Crippen LogP contribution in [0.3, 0.4) is 0 Å². The second-order valence-corrected chi connectivity index (χ2v) is 8.17. The van der Waals surface area contributed by atoms with Crippen molar-refractivity contribution in [1.29, 1.82) is 0 Å². The minimum Gasteiger partial charge on any atom is -0.316 e. The van der Waals surface area contributed by atoms with Gasteiger partial charge in [-0.2, -0.15) is 4.37 Å². The van der Waals surface area contributed by atoms with Crippen molar-refractivity contribution in [3.8, 4) is 0 Å². The molecule has 130 valence electrons. The summed E-state index contributed by atoms with van der Waals surface area (Å²) in [6.45, 7) is 1.89. The molecule has 0 aromatic carbocycles. The van der Waals surface area contributed by atoms with E-state index in [-0.39, 0.29) is 17.9 Å². The fourth-order valence-corrected chi connectivity index (χ4v) is 5.14. The Balaban J connectivity index is 1.50. The molecule has 1 aliphatic rings. The molecule has 0 spiro atoms. The lowest BCUT2D eigenvalue weighted by Gasteiger charge is -2.09. The van der Waals surface area contributed by atoms with E-state index in [1.54, 1.807) is 11.3 Å². The molecule has 0 aliphatic heterocycles. The number of aryl methyl sites for hydroxylation is 4. The summed E-state index contributed by atoms with van der Waals surface area (Å²) in [5.41, 5.74) is 2.00. The minimum absolute atomic E-state index is 0.0714. The number of fused-ring (bicyclic) bond motifs is 3.